The fourth-order valence-electron chi connectivity index (χ4n) is 1.07. The van der Waals surface area contributed by atoms with Crippen LogP contribution in [0.1, 0.15) is 0 Å². The molecule has 0 aromatic rings. The van der Waals surface area contributed by atoms with E-state index in [-0.39, 0.29) is 0 Å². The summed E-state index contributed by atoms with van der Waals surface area (Å²) in [5.41, 5.74) is 0. The van der Waals surface area contributed by atoms with E-state index in [1.165, 1.54) is 0 Å². The normalized spacial score (nSPS) is 12.3. The third-order valence-corrected chi connectivity index (χ3v) is 4.69. The summed E-state index contributed by atoms with van der Waals surface area (Å²) in [4.78, 5) is 0. The lowest BCUT2D eigenvalue weighted by atomic mass is 11.2. The zero-order valence-corrected chi connectivity index (χ0v) is 12.7. The Morgan fingerprint density at radius 2 is 0.933 bits per heavy atom. The Morgan fingerprint density at radius 1 is 0.800 bits per heavy atom. The van der Waals surface area contributed by atoms with Gasteiger partial charge in [0.05, 0.1) is 0 Å². The van der Waals surface area contributed by atoms with E-state index in [9.17, 15) is 8.77 Å². The molecule has 0 aliphatic rings. The predicted molar refractivity (Wildman–Crippen MR) is 68.7 cm³/mol. The fraction of sp³-hybridized carbons (Fsp3) is 1.00. The van der Waals surface area contributed by atoms with Crippen LogP contribution in [0.3, 0.4) is 0 Å². The molecule has 0 saturated heterocycles. The molecule has 7 heteroatoms. The summed E-state index contributed by atoms with van der Waals surface area (Å²) < 4.78 is 26.9. The first kappa shape index (κ1) is 17.6. The molecule has 0 amide bonds. The van der Waals surface area contributed by atoms with Crippen molar-refractivity contribution in [2.45, 2.75) is 0 Å². The number of hydrogen-bond acceptors (Lipinski definition) is 2. The molecular weight excluding hydrogens is 233 g/mol. The minimum Gasteiger partial charge on any atom is -0.270 e. The predicted octanol–water partition coefficient (Wildman–Crippen LogP) is 0.774. The molecule has 15 heavy (non-hydrogen) atoms. The van der Waals surface area contributed by atoms with E-state index in [2.05, 4.69) is 0 Å². The maximum Gasteiger partial charge on any atom is 0.285 e. The van der Waals surface area contributed by atoms with Crippen LogP contribution in [0.2, 0.25) is 0 Å². The van der Waals surface area contributed by atoms with Gasteiger partial charge in [-0.1, -0.05) is 0 Å². The molecule has 0 atom stereocenters. The molecule has 0 aliphatic heterocycles. The van der Waals surface area contributed by atoms with Gasteiger partial charge in [0.1, 0.15) is 0 Å². The van der Waals surface area contributed by atoms with Crippen LogP contribution in [-0.4, -0.2) is 73.0 Å². The van der Waals surface area contributed by atoms with Crippen molar-refractivity contribution >= 4 is 18.4 Å². The highest BCUT2D eigenvalue weighted by Gasteiger charge is 2.30. The SMILES string of the molecule is CN(C)P(=O)(N(C)C)N(C)C.CS(C)=O. The lowest BCUT2D eigenvalue weighted by Gasteiger charge is -2.34. The molecule has 0 heterocycles. The summed E-state index contributed by atoms with van der Waals surface area (Å²) in [6.07, 6.45) is 3.28. The van der Waals surface area contributed by atoms with E-state index >= 15 is 0 Å². The van der Waals surface area contributed by atoms with Gasteiger partial charge in [-0.15, -0.1) is 0 Å². The van der Waals surface area contributed by atoms with Crippen LogP contribution in [0.4, 0.5) is 0 Å². The van der Waals surface area contributed by atoms with Crippen molar-refractivity contribution in [3.05, 3.63) is 0 Å². The van der Waals surface area contributed by atoms with Crippen LogP contribution in [0.15, 0.2) is 0 Å². The average molecular weight is 257 g/mol. The van der Waals surface area contributed by atoms with Gasteiger partial charge in [0.15, 0.2) is 0 Å². The first-order chi connectivity index (χ1) is 6.56. The Balaban J connectivity index is 0. The molecule has 5 nitrogen and oxygen atoms in total. The molecule has 0 radical (unpaired) electrons. The van der Waals surface area contributed by atoms with Gasteiger partial charge in [-0.05, 0) is 42.3 Å². The van der Waals surface area contributed by atoms with Crippen LogP contribution in [-0.2, 0) is 15.4 Å². The van der Waals surface area contributed by atoms with E-state index < -0.39 is 18.4 Å². The summed E-state index contributed by atoms with van der Waals surface area (Å²) in [5, 5.41) is 0. The largest absolute Gasteiger partial charge is 0.285 e. The Bertz CT molecular complexity index is 212. The molecule has 0 saturated carbocycles. The van der Waals surface area contributed by atoms with Crippen molar-refractivity contribution in [3.8, 4) is 0 Å². The van der Waals surface area contributed by atoms with Crippen molar-refractivity contribution in [3.63, 3.8) is 0 Å². The van der Waals surface area contributed by atoms with Crippen LogP contribution in [0, 0.1) is 0 Å². The molecule has 0 spiro atoms. The Kier molecular flexibility index (Phi) is 8.85. The zero-order valence-electron chi connectivity index (χ0n) is 11.0. The van der Waals surface area contributed by atoms with Crippen LogP contribution >= 0.6 is 7.59 Å². The molecule has 0 fully saturated rings. The molecule has 0 aliphatic carbocycles. The fourth-order valence-corrected chi connectivity index (χ4v) is 3.22. The minimum atomic E-state index is -2.44. The van der Waals surface area contributed by atoms with Gasteiger partial charge in [-0.3, -0.25) is 8.77 Å². The summed E-state index contributed by atoms with van der Waals surface area (Å²) in [6, 6.07) is 0. The molecule has 94 valence electrons. The highest BCUT2D eigenvalue weighted by Crippen LogP contribution is 2.50. The van der Waals surface area contributed by atoms with Gasteiger partial charge >= 0.3 is 0 Å². The van der Waals surface area contributed by atoms with Crippen molar-refractivity contribution in [1.29, 1.82) is 0 Å². The summed E-state index contributed by atoms with van der Waals surface area (Å²) in [7, 11) is 7.87. The molecule has 0 aromatic carbocycles. The Hall–Kier alpha value is 0.260. The highest BCUT2D eigenvalue weighted by molar-refractivity contribution is 7.83. The average Bonchev–Trinajstić information content (AvgIpc) is 2.00. The maximum atomic E-state index is 12.1. The van der Waals surface area contributed by atoms with Crippen LogP contribution in [0.25, 0.3) is 0 Å². The molecule has 0 unspecified atom stereocenters. The van der Waals surface area contributed by atoms with E-state index in [0.29, 0.717) is 0 Å². The highest BCUT2D eigenvalue weighted by atomic mass is 32.2. The van der Waals surface area contributed by atoms with Gasteiger partial charge in [-0.25, -0.2) is 14.0 Å². The second-order valence-electron chi connectivity index (χ2n) is 3.80. The van der Waals surface area contributed by atoms with Crippen LogP contribution in [0.5, 0.6) is 0 Å². The minimum absolute atomic E-state index is 0.611. The van der Waals surface area contributed by atoms with Crippen molar-refractivity contribution < 1.29 is 8.77 Å². The molecule has 0 aromatic heterocycles. The van der Waals surface area contributed by atoms with E-state index in [1.54, 1.807) is 26.5 Å². The first-order valence-electron chi connectivity index (χ1n) is 4.45. The Morgan fingerprint density at radius 3 is 0.933 bits per heavy atom. The third-order valence-electron chi connectivity index (χ3n) is 1.56. The zero-order chi connectivity index (χ0) is 12.8. The monoisotopic (exact) mass is 257 g/mol. The summed E-state index contributed by atoms with van der Waals surface area (Å²) in [6.45, 7) is 0. The van der Waals surface area contributed by atoms with Gasteiger partial charge in [0.2, 0.25) is 0 Å². The first-order valence-corrected chi connectivity index (χ1v) is 7.98. The summed E-state index contributed by atoms with van der Waals surface area (Å²) in [5.74, 6) is 0. The van der Waals surface area contributed by atoms with E-state index in [0.717, 1.165) is 0 Å². The van der Waals surface area contributed by atoms with E-state index in [4.69, 9.17) is 0 Å². The van der Waals surface area contributed by atoms with Crippen molar-refractivity contribution in [1.82, 2.24) is 14.0 Å². The van der Waals surface area contributed by atoms with E-state index in [1.807, 2.05) is 42.3 Å². The second-order valence-corrected chi connectivity index (χ2v) is 8.71. The number of hydrogen-bond donors (Lipinski definition) is 0. The molecular formula is C8H24N3O2PS. The van der Waals surface area contributed by atoms with Gasteiger partial charge in [0, 0.05) is 23.3 Å². The lowest BCUT2D eigenvalue weighted by Crippen LogP contribution is -2.30. The molecule has 0 N–H and O–H groups in total. The number of rotatable bonds is 3. The molecule has 0 rings (SSSR count). The Labute approximate surface area is 96.4 Å². The quantitative estimate of drug-likeness (QED) is 0.699. The topological polar surface area (TPSA) is 43.9 Å². The van der Waals surface area contributed by atoms with Crippen LogP contribution < -0.4 is 0 Å². The van der Waals surface area contributed by atoms with Gasteiger partial charge in [0.25, 0.3) is 7.59 Å². The molecule has 0 bridgehead atoms. The number of nitrogens with zero attached hydrogens (tertiary/aromatic N) is 3. The standard InChI is InChI=1S/C6H18N3OP.C2H6OS/c1-7(2)11(10,8(3)4)9(5)6;1-4(2)3/h1-6H3;1-2H3. The van der Waals surface area contributed by atoms with Gasteiger partial charge < -0.3 is 0 Å². The third kappa shape index (κ3) is 6.43. The van der Waals surface area contributed by atoms with Gasteiger partial charge in [-0.2, -0.15) is 0 Å². The maximum absolute atomic E-state index is 12.1. The smallest absolute Gasteiger partial charge is 0.270 e. The summed E-state index contributed by atoms with van der Waals surface area (Å²) >= 11 is 0. The van der Waals surface area contributed by atoms with Crippen molar-refractivity contribution in [2.24, 2.45) is 0 Å². The second kappa shape index (κ2) is 7.52. The van der Waals surface area contributed by atoms with Crippen molar-refractivity contribution in [2.75, 3.05) is 54.8 Å². The lowest BCUT2D eigenvalue weighted by molar-refractivity contribution is 0.383.